The lowest BCUT2D eigenvalue weighted by molar-refractivity contribution is -0.136. The molecule has 27 heavy (non-hydrogen) atoms. The number of rotatable bonds is 4. The van der Waals surface area contributed by atoms with Crippen LogP contribution < -0.4 is 21.5 Å². The molecule has 0 aromatic heterocycles. The van der Waals surface area contributed by atoms with Gasteiger partial charge in [-0.15, -0.1) is 0 Å². The zero-order valence-electron chi connectivity index (χ0n) is 15.8. The standard InChI is InChI=1S/C19H24N4O4/c1-11(22-18(25)27-19(2,3)4)16(24)26-15-10-9-14(23-17(20)21)12-7-5-6-8-13(12)15/h5-11H,1-4H3,(H,22,25)(H4,20,21,23)/t11-/m0/s1. The fourth-order valence-electron chi connectivity index (χ4n) is 2.32. The summed E-state index contributed by atoms with van der Waals surface area (Å²) >= 11 is 0. The van der Waals surface area contributed by atoms with Crippen LogP contribution in [-0.2, 0) is 9.53 Å². The molecule has 144 valence electrons. The second-order valence-corrected chi connectivity index (χ2v) is 6.95. The van der Waals surface area contributed by atoms with Gasteiger partial charge in [0.15, 0.2) is 5.96 Å². The molecule has 2 aromatic rings. The van der Waals surface area contributed by atoms with Crippen molar-refractivity contribution in [1.82, 2.24) is 5.32 Å². The third kappa shape index (κ3) is 5.60. The Bertz CT molecular complexity index is 883. The second kappa shape index (κ2) is 7.94. The Morgan fingerprint density at radius 2 is 1.70 bits per heavy atom. The van der Waals surface area contributed by atoms with E-state index in [-0.39, 0.29) is 5.96 Å². The van der Waals surface area contributed by atoms with Gasteiger partial charge in [0.25, 0.3) is 0 Å². The highest BCUT2D eigenvalue weighted by molar-refractivity contribution is 6.00. The summed E-state index contributed by atoms with van der Waals surface area (Å²) in [5.74, 6) is -0.358. The summed E-state index contributed by atoms with van der Waals surface area (Å²) in [5, 5.41) is 3.84. The first-order valence-corrected chi connectivity index (χ1v) is 8.39. The van der Waals surface area contributed by atoms with Gasteiger partial charge in [-0.3, -0.25) is 0 Å². The average molecular weight is 372 g/mol. The lowest BCUT2D eigenvalue weighted by Gasteiger charge is -2.21. The molecule has 0 unspecified atom stereocenters. The Balaban J connectivity index is 2.20. The molecular formula is C19H24N4O4. The van der Waals surface area contributed by atoms with Crippen LogP contribution >= 0.6 is 0 Å². The maximum Gasteiger partial charge on any atom is 0.408 e. The molecule has 0 aliphatic rings. The van der Waals surface area contributed by atoms with Crippen molar-refractivity contribution in [3.63, 3.8) is 0 Å². The summed E-state index contributed by atoms with van der Waals surface area (Å²) in [7, 11) is 0. The third-order valence-corrected chi connectivity index (χ3v) is 3.41. The minimum Gasteiger partial charge on any atom is -0.444 e. The van der Waals surface area contributed by atoms with Crippen LogP contribution in [-0.4, -0.2) is 29.7 Å². The number of hydrogen-bond donors (Lipinski definition) is 3. The first-order valence-electron chi connectivity index (χ1n) is 8.39. The zero-order chi connectivity index (χ0) is 20.2. The SMILES string of the molecule is C[C@H](NC(=O)OC(C)(C)C)C(=O)Oc1ccc(N=C(N)N)c2ccccc12. The Morgan fingerprint density at radius 1 is 1.07 bits per heavy atom. The summed E-state index contributed by atoms with van der Waals surface area (Å²) in [6, 6.07) is 9.59. The molecule has 2 aromatic carbocycles. The number of esters is 1. The van der Waals surface area contributed by atoms with Crippen molar-refractivity contribution in [3.05, 3.63) is 36.4 Å². The molecular weight excluding hydrogens is 348 g/mol. The predicted octanol–water partition coefficient (Wildman–Crippen LogP) is 2.56. The van der Waals surface area contributed by atoms with Crippen LogP contribution in [0.5, 0.6) is 5.75 Å². The van der Waals surface area contributed by atoms with E-state index in [9.17, 15) is 9.59 Å². The highest BCUT2D eigenvalue weighted by atomic mass is 16.6. The van der Waals surface area contributed by atoms with Crippen molar-refractivity contribution >= 4 is 34.5 Å². The molecule has 0 bridgehead atoms. The van der Waals surface area contributed by atoms with E-state index in [2.05, 4.69) is 10.3 Å². The van der Waals surface area contributed by atoms with Gasteiger partial charge in [0, 0.05) is 10.8 Å². The number of hydrogen-bond acceptors (Lipinski definition) is 5. The molecule has 0 spiro atoms. The Morgan fingerprint density at radius 3 is 2.30 bits per heavy atom. The van der Waals surface area contributed by atoms with E-state index in [4.69, 9.17) is 20.9 Å². The number of alkyl carbamates (subject to hydrolysis) is 1. The van der Waals surface area contributed by atoms with Crippen LogP contribution in [0, 0.1) is 0 Å². The summed E-state index contributed by atoms with van der Waals surface area (Å²) in [4.78, 5) is 28.2. The van der Waals surface area contributed by atoms with Crippen LogP contribution in [0.3, 0.4) is 0 Å². The van der Waals surface area contributed by atoms with Crippen LogP contribution in [0.1, 0.15) is 27.7 Å². The highest BCUT2D eigenvalue weighted by Gasteiger charge is 2.23. The number of guanidine groups is 1. The maximum atomic E-state index is 12.4. The molecule has 0 aliphatic heterocycles. The first-order chi connectivity index (χ1) is 12.6. The fraction of sp³-hybridized carbons (Fsp3) is 0.316. The van der Waals surface area contributed by atoms with E-state index in [0.717, 1.165) is 5.39 Å². The Hall–Kier alpha value is -3.29. The molecule has 0 fully saturated rings. The summed E-state index contributed by atoms with van der Waals surface area (Å²) in [6.07, 6.45) is -0.695. The number of aliphatic imine (C=N–C) groups is 1. The summed E-state index contributed by atoms with van der Waals surface area (Å²) < 4.78 is 10.6. The number of ether oxygens (including phenoxy) is 2. The Kier molecular flexibility index (Phi) is 5.89. The molecule has 8 nitrogen and oxygen atoms in total. The van der Waals surface area contributed by atoms with Crippen molar-refractivity contribution < 1.29 is 19.1 Å². The molecule has 0 saturated carbocycles. The summed E-state index contributed by atoms with van der Waals surface area (Å²) in [5.41, 5.74) is 10.8. The number of benzene rings is 2. The van der Waals surface area contributed by atoms with Crippen molar-refractivity contribution in [3.8, 4) is 5.75 Å². The van der Waals surface area contributed by atoms with E-state index in [1.165, 1.54) is 6.92 Å². The van der Waals surface area contributed by atoms with E-state index in [0.29, 0.717) is 16.8 Å². The zero-order valence-corrected chi connectivity index (χ0v) is 15.8. The van der Waals surface area contributed by atoms with Crippen LogP contribution in [0.2, 0.25) is 0 Å². The van der Waals surface area contributed by atoms with Gasteiger partial charge < -0.3 is 26.3 Å². The van der Waals surface area contributed by atoms with Crippen LogP contribution in [0.15, 0.2) is 41.4 Å². The molecule has 0 radical (unpaired) electrons. The minimum atomic E-state index is -0.893. The van der Waals surface area contributed by atoms with Crippen molar-refractivity contribution in [2.45, 2.75) is 39.3 Å². The quantitative estimate of drug-likeness (QED) is 0.327. The van der Waals surface area contributed by atoms with Gasteiger partial charge in [-0.05, 0) is 39.8 Å². The molecule has 1 atom stereocenters. The monoisotopic (exact) mass is 372 g/mol. The summed E-state index contributed by atoms with van der Waals surface area (Å²) in [6.45, 7) is 6.72. The number of fused-ring (bicyclic) bond motifs is 1. The van der Waals surface area contributed by atoms with Gasteiger partial charge >= 0.3 is 12.1 Å². The fourth-order valence-corrected chi connectivity index (χ4v) is 2.32. The molecule has 0 saturated heterocycles. The molecule has 8 heteroatoms. The van der Waals surface area contributed by atoms with Gasteiger partial charge in [0.1, 0.15) is 17.4 Å². The predicted molar refractivity (Wildman–Crippen MR) is 104 cm³/mol. The van der Waals surface area contributed by atoms with Crippen LogP contribution in [0.25, 0.3) is 10.8 Å². The molecule has 5 N–H and O–H groups in total. The third-order valence-electron chi connectivity index (χ3n) is 3.41. The van der Waals surface area contributed by atoms with E-state index in [1.54, 1.807) is 45.0 Å². The van der Waals surface area contributed by atoms with Crippen molar-refractivity contribution in [1.29, 1.82) is 0 Å². The number of carbonyl (C=O) groups is 2. The lowest BCUT2D eigenvalue weighted by atomic mass is 10.1. The normalized spacial score (nSPS) is 12.1. The topological polar surface area (TPSA) is 129 Å². The Labute approximate surface area is 157 Å². The van der Waals surface area contributed by atoms with Crippen molar-refractivity contribution in [2.24, 2.45) is 16.5 Å². The molecule has 0 heterocycles. The number of amides is 1. The molecule has 1 amide bonds. The van der Waals surface area contributed by atoms with Crippen molar-refractivity contribution in [2.75, 3.05) is 0 Å². The number of nitrogens with zero attached hydrogens (tertiary/aromatic N) is 1. The second-order valence-electron chi connectivity index (χ2n) is 6.95. The van der Waals surface area contributed by atoms with Gasteiger partial charge in [0.05, 0.1) is 5.69 Å². The first kappa shape index (κ1) is 20.0. The number of nitrogens with two attached hydrogens (primary N) is 2. The minimum absolute atomic E-state index is 0.0694. The van der Waals surface area contributed by atoms with Gasteiger partial charge in [-0.1, -0.05) is 24.3 Å². The highest BCUT2D eigenvalue weighted by Crippen LogP contribution is 2.33. The smallest absolute Gasteiger partial charge is 0.408 e. The average Bonchev–Trinajstić information content (AvgIpc) is 2.54. The van der Waals surface area contributed by atoms with Gasteiger partial charge in [0.2, 0.25) is 0 Å². The largest absolute Gasteiger partial charge is 0.444 e. The number of carbonyl (C=O) groups excluding carboxylic acids is 2. The lowest BCUT2D eigenvalue weighted by Crippen LogP contribution is -2.43. The van der Waals surface area contributed by atoms with Gasteiger partial charge in [-0.2, -0.15) is 0 Å². The van der Waals surface area contributed by atoms with Gasteiger partial charge in [-0.25, -0.2) is 14.6 Å². The molecule has 2 rings (SSSR count). The van der Waals surface area contributed by atoms with E-state index < -0.39 is 23.7 Å². The maximum absolute atomic E-state index is 12.4. The van der Waals surface area contributed by atoms with E-state index >= 15 is 0 Å². The van der Waals surface area contributed by atoms with Crippen LogP contribution in [0.4, 0.5) is 10.5 Å². The van der Waals surface area contributed by atoms with E-state index in [1.807, 2.05) is 12.1 Å². The number of nitrogens with one attached hydrogen (secondary N) is 1. The molecule has 0 aliphatic carbocycles.